The molecule has 0 amide bonds. The van der Waals surface area contributed by atoms with Gasteiger partial charge in [-0.25, -0.2) is 9.37 Å². The summed E-state index contributed by atoms with van der Waals surface area (Å²) in [7, 11) is 0. The lowest BCUT2D eigenvalue weighted by molar-refractivity contribution is -0.274. The largest absolute Gasteiger partial charge is 0.573 e. The van der Waals surface area contributed by atoms with E-state index in [0.717, 1.165) is 0 Å². The van der Waals surface area contributed by atoms with Gasteiger partial charge in [-0.05, 0) is 24.1 Å². The van der Waals surface area contributed by atoms with Crippen molar-refractivity contribution < 1.29 is 27.4 Å². The zero-order valence-corrected chi connectivity index (χ0v) is 18.0. The number of hydrogen-bond acceptors (Lipinski definition) is 6. The van der Waals surface area contributed by atoms with Gasteiger partial charge in [0.15, 0.2) is 0 Å². The molecule has 0 radical (unpaired) electrons. The molecule has 2 aromatic carbocycles. The van der Waals surface area contributed by atoms with Crippen molar-refractivity contribution in [2.24, 2.45) is 5.92 Å². The van der Waals surface area contributed by atoms with Crippen molar-refractivity contribution >= 4 is 11.8 Å². The van der Waals surface area contributed by atoms with Crippen molar-refractivity contribution in [3.63, 3.8) is 0 Å². The van der Waals surface area contributed by atoms with Gasteiger partial charge < -0.3 is 20.5 Å². The van der Waals surface area contributed by atoms with Gasteiger partial charge in [0, 0.05) is 23.7 Å². The molecule has 3 aromatic rings. The van der Waals surface area contributed by atoms with Gasteiger partial charge in [0.2, 0.25) is 5.95 Å². The standard InChI is InChI=1S/C23H24F4N4O2/c1-14(2)20(13-32)30-22-29-19(15-7-5-8-17(10-15)33-23(25,26)27)11-21(31-22)28-12-16-6-3-4-9-18(16)24/h3-11,14,20,32H,12-13H2,1-2H3,(H2,28,29,30,31)/t20-/m0/s1. The molecule has 1 aromatic heterocycles. The lowest BCUT2D eigenvalue weighted by Crippen LogP contribution is -2.30. The average Bonchev–Trinajstić information content (AvgIpc) is 2.75. The number of benzene rings is 2. The average molecular weight is 464 g/mol. The molecule has 0 aliphatic rings. The molecule has 33 heavy (non-hydrogen) atoms. The first-order chi connectivity index (χ1) is 15.6. The van der Waals surface area contributed by atoms with Crippen LogP contribution in [0.2, 0.25) is 0 Å². The molecule has 0 unspecified atom stereocenters. The number of nitrogens with zero attached hydrogens (tertiary/aromatic N) is 2. The summed E-state index contributed by atoms with van der Waals surface area (Å²) in [5.41, 5.74) is 1.10. The summed E-state index contributed by atoms with van der Waals surface area (Å²) >= 11 is 0. The second-order valence-electron chi connectivity index (χ2n) is 7.66. The molecule has 0 aliphatic carbocycles. The number of nitrogens with one attached hydrogen (secondary N) is 2. The third-order valence-electron chi connectivity index (χ3n) is 4.82. The monoisotopic (exact) mass is 464 g/mol. The zero-order valence-electron chi connectivity index (χ0n) is 18.0. The van der Waals surface area contributed by atoms with Crippen LogP contribution in [0.5, 0.6) is 5.75 Å². The van der Waals surface area contributed by atoms with E-state index in [1.165, 1.54) is 24.3 Å². The van der Waals surface area contributed by atoms with Crippen LogP contribution in [0, 0.1) is 11.7 Å². The number of rotatable bonds is 9. The van der Waals surface area contributed by atoms with Crippen LogP contribution in [0.1, 0.15) is 19.4 Å². The summed E-state index contributed by atoms with van der Waals surface area (Å²) in [5, 5.41) is 15.7. The van der Waals surface area contributed by atoms with Crippen molar-refractivity contribution in [1.82, 2.24) is 9.97 Å². The Balaban J connectivity index is 1.95. The zero-order chi connectivity index (χ0) is 24.0. The molecule has 10 heteroatoms. The van der Waals surface area contributed by atoms with Crippen LogP contribution in [0.3, 0.4) is 0 Å². The van der Waals surface area contributed by atoms with Crippen molar-refractivity contribution in [1.29, 1.82) is 0 Å². The maximum atomic E-state index is 14.0. The van der Waals surface area contributed by atoms with E-state index in [0.29, 0.717) is 22.6 Å². The first kappa shape index (κ1) is 24.2. The van der Waals surface area contributed by atoms with Gasteiger partial charge in [-0.3, -0.25) is 0 Å². The van der Waals surface area contributed by atoms with Crippen LogP contribution in [0.15, 0.2) is 54.6 Å². The van der Waals surface area contributed by atoms with Crippen LogP contribution >= 0.6 is 0 Å². The second-order valence-corrected chi connectivity index (χ2v) is 7.66. The topological polar surface area (TPSA) is 79.3 Å². The highest BCUT2D eigenvalue weighted by molar-refractivity contribution is 5.66. The van der Waals surface area contributed by atoms with Gasteiger partial charge in [-0.15, -0.1) is 13.2 Å². The predicted octanol–water partition coefficient (Wildman–Crippen LogP) is 5.22. The molecule has 0 aliphatic heterocycles. The summed E-state index contributed by atoms with van der Waals surface area (Å²) in [6.07, 6.45) is -4.82. The Morgan fingerprint density at radius 3 is 2.45 bits per heavy atom. The molecule has 6 nitrogen and oxygen atoms in total. The minimum atomic E-state index is -4.82. The fourth-order valence-corrected chi connectivity index (χ4v) is 3.02. The molecule has 0 saturated heterocycles. The van der Waals surface area contributed by atoms with E-state index < -0.39 is 6.36 Å². The van der Waals surface area contributed by atoms with Gasteiger partial charge in [-0.1, -0.05) is 44.2 Å². The Labute approximate surface area is 188 Å². The fourth-order valence-electron chi connectivity index (χ4n) is 3.02. The van der Waals surface area contributed by atoms with Gasteiger partial charge in [0.1, 0.15) is 17.4 Å². The Morgan fingerprint density at radius 1 is 1.03 bits per heavy atom. The third-order valence-corrected chi connectivity index (χ3v) is 4.82. The molecule has 0 spiro atoms. The van der Waals surface area contributed by atoms with Crippen molar-refractivity contribution in [3.8, 4) is 17.0 Å². The van der Waals surface area contributed by atoms with Gasteiger partial charge in [0.05, 0.1) is 18.3 Å². The molecule has 0 bridgehead atoms. The van der Waals surface area contributed by atoms with E-state index in [4.69, 9.17) is 0 Å². The van der Waals surface area contributed by atoms with Crippen molar-refractivity contribution in [3.05, 3.63) is 66.0 Å². The number of halogens is 4. The molecule has 3 N–H and O–H groups in total. The number of aliphatic hydroxyl groups excluding tert-OH is 1. The SMILES string of the molecule is CC(C)[C@H](CO)Nc1nc(NCc2ccccc2F)cc(-c2cccc(OC(F)(F)F)c2)n1. The van der Waals surface area contributed by atoms with E-state index >= 15 is 0 Å². The van der Waals surface area contributed by atoms with Crippen molar-refractivity contribution in [2.45, 2.75) is 32.8 Å². The predicted molar refractivity (Wildman–Crippen MR) is 117 cm³/mol. The summed E-state index contributed by atoms with van der Waals surface area (Å²) in [5.74, 6) is -0.216. The summed E-state index contributed by atoms with van der Waals surface area (Å²) in [6.45, 7) is 3.78. The van der Waals surface area contributed by atoms with E-state index in [1.54, 1.807) is 30.3 Å². The minimum absolute atomic E-state index is 0.0561. The first-order valence-corrected chi connectivity index (χ1v) is 10.2. The molecular formula is C23H24F4N4O2. The fraction of sp³-hybridized carbons (Fsp3) is 0.304. The minimum Gasteiger partial charge on any atom is -0.406 e. The number of aromatic nitrogens is 2. The lowest BCUT2D eigenvalue weighted by Gasteiger charge is -2.21. The normalized spacial score (nSPS) is 12.5. The summed E-state index contributed by atoms with van der Waals surface area (Å²) in [6, 6.07) is 12.9. The lowest BCUT2D eigenvalue weighted by atomic mass is 10.1. The quantitative estimate of drug-likeness (QED) is 0.377. The summed E-state index contributed by atoms with van der Waals surface area (Å²) in [4.78, 5) is 8.78. The molecule has 0 saturated carbocycles. The molecule has 0 fully saturated rings. The Bertz CT molecular complexity index is 1080. The highest BCUT2D eigenvalue weighted by Crippen LogP contribution is 2.29. The number of ether oxygens (including phenoxy) is 1. The van der Waals surface area contributed by atoms with Gasteiger partial charge in [0.25, 0.3) is 0 Å². The molecule has 176 valence electrons. The van der Waals surface area contributed by atoms with E-state index in [1.807, 2.05) is 13.8 Å². The van der Waals surface area contributed by atoms with Gasteiger partial charge >= 0.3 is 6.36 Å². The molecular weight excluding hydrogens is 440 g/mol. The smallest absolute Gasteiger partial charge is 0.406 e. The molecule has 1 atom stereocenters. The van der Waals surface area contributed by atoms with E-state index in [2.05, 4.69) is 25.3 Å². The highest BCUT2D eigenvalue weighted by atomic mass is 19.4. The number of anilines is 2. The summed E-state index contributed by atoms with van der Waals surface area (Å²) < 4.78 is 55.9. The van der Waals surface area contributed by atoms with Crippen LogP contribution in [-0.4, -0.2) is 34.1 Å². The maximum Gasteiger partial charge on any atom is 0.573 e. The Kier molecular flexibility index (Phi) is 7.70. The van der Waals surface area contributed by atoms with Crippen LogP contribution in [-0.2, 0) is 6.54 Å². The van der Waals surface area contributed by atoms with Crippen LogP contribution in [0.4, 0.5) is 29.3 Å². The molecule has 3 rings (SSSR count). The highest BCUT2D eigenvalue weighted by Gasteiger charge is 2.31. The van der Waals surface area contributed by atoms with Crippen LogP contribution in [0.25, 0.3) is 11.3 Å². The van der Waals surface area contributed by atoms with Crippen LogP contribution < -0.4 is 15.4 Å². The third kappa shape index (κ3) is 7.04. The van der Waals surface area contributed by atoms with E-state index in [9.17, 15) is 22.7 Å². The Morgan fingerprint density at radius 2 is 1.79 bits per heavy atom. The number of hydrogen-bond donors (Lipinski definition) is 3. The number of alkyl halides is 3. The van der Waals surface area contributed by atoms with Gasteiger partial charge in [-0.2, -0.15) is 4.98 Å². The maximum absolute atomic E-state index is 14.0. The molecule has 1 heterocycles. The number of aliphatic hydroxyl groups is 1. The first-order valence-electron chi connectivity index (χ1n) is 10.2. The van der Waals surface area contributed by atoms with Crippen molar-refractivity contribution in [2.75, 3.05) is 17.2 Å². The second kappa shape index (κ2) is 10.5. The van der Waals surface area contributed by atoms with E-state index in [-0.39, 0.29) is 42.6 Å². The Hall–Kier alpha value is -3.40.